The zero-order chi connectivity index (χ0) is 16.9. The number of nitrogens with zero attached hydrogens (tertiary/aromatic N) is 3. The molecule has 24 heavy (non-hydrogen) atoms. The molecule has 7 heteroatoms. The number of halogens is 2. The van der Waals surface area contributed by atoms with E-state index in [1.165, 1.54) is 6.33 Å². The van der Waals surface area contributed by atoms with Crippen LogP contribution in [0, 0.1) is 0 Å². The molecule has 0 amide bonds. The lowest BCUT2D eigenvalue weighted by Gasteiger charge is -2.16. The van der Waals surface area contributed by atoms with E-state index in [1.54, 1.807) is 22.8 Å². The van der Waals surface area contributed by atoms with E-state index in [0.29, 0.717) is 16.3 Å². The molecule has 1 atom stereocenters. The molecule has 1 heterocycles. The first-order chi connectivity index (χ1) is 11.6. The van der Waals surface area contributed by atoms with Crippen molar-refractivity contribution in [2.45, 2.75) is 10.9 Å². The van der Waals surface area contributed by atoms with Gasteiger partial charge in [0.2, 0.25) is 0 Å². The van der Waals surface area contributed by atoms with Crippen molar-refractivity contribution in [2.75, 3.05) is 5.75 Å². The van der Waals surface area contributed by atoms with Crippen molar-refractivity contribution in [3.8, 4) is 0 Å². The SMILES string of the molecule is O=C(c1ccc(Br)cc1)[C@H](CSc1ccc(Cl)cc1)n1cncn1. The van der Waals surface area contributed by atoms with Gasteiger partial charge in [0.15, 0.2) is 5.78 Å². The maximum atomic E-state index is 12.9. The fraction of sp³-hybridized carbons (Fsp3) is 0.118. The Morgan fingerprint density at radius 1 is 1.17 bits per heavy atom. The van der Waals surface area contributed by atoms with Gasteiger partial charge in [0.25, 0.3) is 0 Å². The Bertz CT molecular complexity index is 807. The molecule has 0 N–H and O–H groups in total. The van der Waals surface area contributed by atoms with Gasteiger partial charge in [-0.1, -0.05) is 39.7 Å². The lowest BCUT2D eigenvalue weighted by molar-refractivity contribution is 0.0930. The van der Waals surface area contributed by atoms with Crippen molar-refractivity contribution < 1.29 is 4.79 Å². The molecular weight excluding hydrogens is 410 g/mol. The molecular formula is C17H13BrClN3OS. The third-order valence-electron chi connectivity index (χ3n) is 3.41. The van der Waals surface area contributed by atoms with Crippen LogP contribution in [0.5, 0.6) is 0 Å². The third-order valence-corrected chi connectivity index (χ3v) is 5.28. The number of carbonyl (C=O) groups is 1. The molecule has 0 fully saturated rings. The zero-order valence-electron chi connectivity index (χ0n) is 12.5. The summed E-state index contributed by atoms with van der Waals surface area (Å²) in [5.74, 6) is 0.564. The zero-order valence-corrected chi connectivity index (χ0v) is 15.6. The molecule has 3 rings (SSSR count). The van der Waals surface area contributed by atoms with E-state index < -0.39 is 6.04 Å². The molecule has 1 aromatic heterocycles. The third kappa shape index (κ3) is 4.26. The first-order valence-corrected chi connectivity index (χ1v) is 9.31. The standard InChI is InChI=1S/C17H13BrClN3OS/c18-13-3-1-12(2-4-13)17(23)16(22-11-20-10-21-22)9-24-15-7-5-14(19)6-8-15/h1-8,10-11,16H,9H2/t16-/m0/s1. The van der Waals surface area contributed by atoms with Crippen LogP contribution in [0.4, 0.5) is 0 Å². The average Bonchev–Trinajstić information content (AvgIpc) is 3.11. The lowest BCUT2D eigenvalue weighted by Crippen LogP contribution is -2.22. The molecule has 4 nitrogen and oxygen atoms in total. The van der Waals surface area contributed by atoms with Crippen molar-refractivity contribution in [3.05, 3.63) is 76.2 Å². The number of ketones is 1. The summed E-state index contributed by atoms with van der Waals surface area (Å²) < 4.78 is 2.54. The van der Waals surface area contributed by atoms with Crippen LogP contribution in [0.15, 0.2) is 70.6 Å². The second-order valence-corrected chi connectivity index (χ2v) is 7.47. The van der Waals surface area contributed by atoms with Crippen LogP contribution in [0.3, 0.4) is 0 Å². The second kappa shape index (κ2) is 7.96. The van der Waals surface area contributed by atoms with E-state index in [0.717, 1.165) is 9.37 Å². The molecule has 0 spiro atoms. The minimum atomic E-state index is -0.422. The molecule has 0 saturated carbocycles. The number of hydrogen-bond donors (Lipinski definition) is 0. The summed E-state index contributed by atoms with van der Waals surface area (Å²) in [7, 11) is 0. The Labute approximate surface area is 157 Å². The number of hydrogen-bond acceptors (Lipinski definition) is 4. The van der Waals surface area contributed by atoms with E-state index in [-0.39, 0.29) is 5.78 Å². The van der Waals surface area contributed by atoms with Gasteiger partial charge in [-0.05, 0) is 36.4 Å². The predicted molar refractivity (Wildman–Crippen MR) is 99.7 cm³/mol. The minimum absolute atomic E-state index is 0.00876. The summed E-state index contributed by atoms with van der Waals surface area (Å²) in [6.45, 7) is 0. The first kappa shape index (κ1) is 17.2. The van der Waals surface area contributed by atoms with E-state index in [1.807, 2.05) is 48.5 Å². The molecule has 0 bridgehead atoms. The lowest BCUT2D eigenvalue weighted by atomic mass is 10.1. The summed E-state index contributed by atoms with van der Waals surface area (Å²) in [6.07, 6.45) is 3.01. The molecule has 0 saturated heterocycles. The Morgan fingerprint density at radius 2 is 1.88 bits per heavy atom. The highest BCUT2D eigenvalue weighted by Crippen LogP contribution is 2.26. The van der Waals surface area contributed by atoms with Crippen molar-refractivity contribution >= 4 is 45.1 Å². The molecule has 0 aliphatic heterocycles. The van der Waals surface area contributed by atoms with Gasteiger partial charge in [-0.2, -0.15) is 5.10 Å². The quantitative estimate of drug-likeness (QED) is 0.418. The van der Waals surface area contributed by atoms with Crippen LogP contribution in [-0.2, 0) is 0 Å². The topological polar surface area (TPSA) is 47.8 Å². The summed E-state index contributed by atoms with van der Waals surface area (Å²) in [5.41, 5.74) is 0.649. The van der Waals surface area contributed by atoms with Crippen LogP contribution in [0.25, 0.3) is 0 Å². The Hall–Kier alpha value is -1.63. The van der Waals surface area contributed by atoms with Crippen molar-refractivity contribution in [1.29, 1.82) is 0 Å². The number of carbonyl (C=O) groups excluding carboxylic acids is 1. The number of Topliss-reactive ketones (excluding diaryl/α,β-unsaturated/α-hetero) is 1. The van der Waals surface area contributed by atoms with E-state index in [2.05, 4.69) is 26.0 Å². The van der Waals surface area contributed by atoms with Gasteiger partial charge in [0.1, 0.15) is 18.7 Å². The molecule has 2 aromatic carbocycles. The van der Waals surface area contributed by atoms with Crippen LogP contribution in [0.2, 0.25) is 5.02 Å². The molecule has 0 radical (unpaired) electrons. The molecule has 0 unspecified atom stereocenters. The summed E-state index contributed by atoms with van der Waals surface area (Å²) in [5, 5.41) is 4.84. The Morgan fingerprint density at radius 3 is 2.50 bits per heavy atom. The van der Waals surface area contributed by atoms with Crippen LogP contribution >= 0.6 is 39.3 Å². The van der Waals surface area contributed by atoms with Crippen molar-refractivity contribution in [1.82, 2.24) is 14.8 Å². The van der Waals surface area contributed by atoms with Gasteiger partial charge in [-0.25, -0.2) is 9.67 Å². The number of benzene rings is 2. The minimum Gasteiger partial charge on any atom is -0.292 e. The predicted octanol–water partition coefficient (Wildman–Crippen LogP) is 4.91. The highest BCUT2D eigenvalue weighted by molar-refractivity contribution is 9.10. The van der Waals surface area contributed by atoms with Gasteiger partial charge in [-0.3, -0.25) is 4.79 Å². The monoisotopic (exact) mass is 421 g/mol. The van der Waals surface area contributed by atoms with Crippen LogP contribution < -0.4 is 0 Å². The summed E-state index contributed by atoms with van der Waals surface area (Å²) in [6, 6.07) is 14.5. The summed E-state index contributed by atoms with van der Waals surface area (Å²) >= 11 is 10.9. The smallest absolute Gasteiger partial charge is 0.188 e. The first-order valence-electron chi connectivity index (χ1n) is 7.16. The Kier molecular flexibility index (Phi) is 5.71. The van der Waals surface area contributed by atoms with E-state index in [4.69, 9.17) is 11.6 Å². The summed E-state index contributed by atoms with van der Waals surface area (Å²) in [4.78, 5) is 17.9. The molecule has 0 aliphatic rings. The van der Waals surface area contributed by atoms with Gasteiger partial charge in [0.05, 0.1) is 0 Å². The van der Waals surface area contributed by atoms with Crippen molar-refractivity contribution in [2.24, 2.45) is 0 Å². The number of aromatic nitrogens is 3. The fourth-order valence-electron chi connectivity index (χ4n) is 2.16. The molecule has 3 aromatic rings. The molecule has 122 valence electrons. The number of thioether (sulfide) groups is 1. The number of rotatable bonds is 6. The van der Waals surface area contributed by atoms with Crippen molar-refractivity contribution in [3.63, 3.8) is 0 Å². The van der Waals surface area contributed by atoms with Gasteiger partial charge >= 0.3 is 0 Å². The highest BCUT2D eigenvalue weighted by atomic mass is 79.9. The van der Waals surface area contributed by atoms with Gasteiger partial charge in [-0.15, -0.1) is 11.8 Å². The Balaban J connectivity index is 1.80. The molecule has 0 aliphatic carbocycles. The average molecular weight is 423 g/mol. The van der Waals surface area contributed by atoms with Crippen LogP contribution in [0.1, 0.15) is 16.4 Å². The largest absolute Gasteiger partial charge is 0.292 e. The van der Waals surface area contributed by atoms with Gasteiger partial charge < -0.3 is 0 Å². The van der Waals surface area contributed by atoms with E-state index >= 15 is 0 Å². The maximum absolute atomic E-state index is 12.9. The highest BCUT2D eigenvalue weighted by Gasteiger charge is 2.23. The second-order valence-electron chi connectivity index (χ2n) is 5.03. The van der Waals surface area contributed by atoms with E-state index in [9.17, 15) is 4.79 Å². The van der Waals surface area contributed by atoms with Gasteiger partial charge in [0, 0.05) is 25.7 Å². The van der Waals surface area contributed by atoms with Crippen LogP contribution in [-0.4, -0.2) is 26.3 Å². The maximum Gasteiger partial charge on any atom is 0.188 e. The normalized spacial score (nSPS) is 12.1. The fourth-order valence-corrected chi connectivity index (χ4v) is 3.54.